The zero-order valence-electron chi connectivity index (χ0n) is 84.1. The Kier molecular flexibility index (Phi) is 34.5. The van der Waals surface area contributed by atoms with Crippen molar-refractivity contribution in [2.45, 2.75) is 220 Å². The zero-order chi connectivity index (χ0) is 100.0. The molecule has 7 aliphatic heterocycles. The number of carbonyl (C=O) groups is 7. The van der Waals surface area contributed by atoms with Gasteiger partial charge in [-0.2, -0.15) is 0 Å². The van der Waals surface area contributed by atoms with Crippen LogP contribution in [0.4, 0.5) is 22.7 Å². The Morgan fingerprint density at radius 1 is 0.266 bits per heavy atom. The van der Waals surface area contributed by atoms with Crippen LogP contribution >= 0.6 is 0 Å². The second kappa shape index (κ2) is 48.5. The summed E-state index contributed by atoms with van der Waals surface area (Å²) in [5.41, 5.74) is 30.6. The van der Waals surface area contributed by atoms with Crippen molar-refractivity contribution in [3.05, 3.63) is 427 Å². The van der Waals surface area contributed by atoms with Crippen LogP contribution in [0.1, 0.15) is 150 Å². The molecule has 7 aliphatic rings. The largest absolute Gasteiger partial charge is 0.392 e. The van der Waals surface area contributed by atoms with Gasteiger partial charge in [-0.1, -0.05) is 303 Å². The average Bonchev–Trinajstić information content (AvgIpc) is 1.65. The number of piperidine rings is 1. The van der Waals surface area contributed by atoms with E-state index >= 15 is 0 Å². The van der Waals surface area contributed by atoms with Crippen LogP contribution in [-0.4, -0.2) is 114 Å². The van der Waals surface area contributed by atoms with E-state index in [4.69, 9.17) is 0 Å². The van der Waals surface area contributed by atoms with Crippen LogP contribution in [0.15, 0.2) is 315 Å². The summed E-state index contributed by atoms with van der Waals surface area (Å²) in [4.78, 5) is 87.5. The highest BCUT2D eigenvalue weighted by molar-refractivity contribution is 5.99. The molecule has 3 fully saturated rings. The Bertz CT molecular complexity index is 6850. The summed E-state index contributed by atoms with van der Waals surface area (Å²) in [7, 11) is 0. The number of β-amino-alcohol motifs (C(OH)–C–C–N with tert-alkyl or cyclic N) is 1. The third-order valence-electron chi connectivity index (χ3n) is 29.4. The summed E-state index contributed by atoms with van der Waals surface area (Å²) in [5.74, 6) is 1.90. The highest BCUT2D eigenvalue weighted by Gasteiger charge is 2.34. The maximum atomic E-state index is 12.8. The smallest absolute Gasteiger partial charge is 0.159 e. The number of anilines is 4. The van der Waals surface area contributed by atoms with E-state index in [9.17, 15) is 38.7 Å². The van der Waals surface area contributed by atoms with Crippen molar-refractivity contribution in [2.75, 3.05) is 40.9 Å². The Morgan fingerprint density at radius 2 is 0.587 bits per heavy atom. The van der Waals surface area contributed by atoms with E-state index in [0.29, 0.717) is 69.5 Å². The molecule has 0 bridgehead atoms. The fraction of sp³-hybridized carbons (Fsp3) is 0.289. The SMILES string of the molecule is Cc1cc(C)c(CC(=O)C2CCCN2)c(C)c1.Cc1ccc2ccccc2c1CC(=O)C1CCCCN1.Cc1ccc2ccccc2c1CC(=O)C1Cc2ccccc2N1.Cc1ccc2ccccc2c1CC(=O)[C@@H]1CC(O)CN1.Cc1cccc(C)c1CC(=O)C1Cc2ccccc2N1.Cc1ccccc1CC(=O)C1Cc2ccccc2N1.O=C(Cc1ccccc1-c1ccccc1)C1Cc2ccccc2N1. The molecule has 7 heterocycles. The molecule has 0 saturated carbocycles. The van der Waals surface area contributed by atoms with Crippen LogP contribution in [0.3, 0.4) is 0 Å². The zero-order valence-corrected chi connectivity index (χ0v) is 84.1. The van der Waals surface area contributed by atoms with Gasteiger partial charge < -0.3 is 42.3 Å². The van der Waals surface area contributed by atoms with Crippen LogP contribution < -0.4 is 37.2 Å². The van der Waals surface area contributed by atoms with Crippen molar-refractivity contribution >= 4 is 95.5 Å². The summed E-state index contributed by atoms with van der Waals surface area (Å²) in [6.07, 6.45) is 12.3. The van der Waals surface area contributed by atoms with Crippen molar-refractivity contribution in [2.24, 2.45) is 0 Å². The molecular formula is C128H135N7O8. The number of hydrogen-bond acceptors (Lipinski definition) is 15. The maximum Gasteiger partial charge on any atom is 0.159 e. The van der Waals surface area contributed by atoms with Crippen molar-refractivity contribution < 1.29 is 38.7 Å². The third-order valence-corrected chi connectivity index (χ3v) is 29.4. The molecule has 0 spiro atoms. The Labute approximate surface area is 843 Å². The molecular weight excluding hydrogens is 1760 g/mol. The minimum absolute atomic E-state index is 0.0575. The van der Waals surface area contributed by atoms with Gasteiger partial charge in [0, 0.05) is 99.9 Å². The lowest BCUT2D eigenvalue weighted by Gasteiger charge is -2.22. The number of Topliss-reactive ketones (excluding diaryl/α,β-unsaturated/α-hetero) is 7. The molecule has 3 saturated heterocycles. The van der Waals surface area contributed by atoms with Gasteiger partial charge in [-0.25, -0.2) is 0 Å². The van der Waals surface area contributed by atoms with Crippen molar-refractivity contribution in [1.29, 1.82) is 0 Å². The number of carbonyl (C=O) groups excluding carboxylic acids is 7. The van der Waals surface area contributed by atoms with Crippen LogP contribution in [0.5, 0.6) is 0 Å². The van der Waals surface area contributed by atoms with Gasteiger partial charge in [0.05, 0.1) is 48.4 Å². The lowest BCUT2D eigenvalue weighted by molar-refractivity contribution is -0.121. The standard InChI is InChI=1S/C22H19NO.C21H19NO.C18H19NO.C18H21NO.C17H19NO2.C17H17NO.C15H21NO/c24-22(21-14-18-11-5-7-13-20(18)23-21)15-17-10-4-6-12-19(17)16-8-2-1-3-9-16;1-14-10-11-15-6-2-4-8-17(15)18(14)13-21(23)20-12-16-7-3-5-9-19(16)22-20;1-12-6-5-7-13(2)15(12)11-18(20)17-10-14-8-3-4-9-16(14)19-17;1-13-9-10-14-6-2-3-7-15(14)16(13)12-18(20)17-8-4-5-11-19-17;1-11-6-7-12-4-2-3-5-14(12)15(11)9-17(20)16-8-13(19)10-18-16;1-12-6-2-3-7-13(12)11-17(19)16-10-14-8-4-5-9-15(14)18-16;1-10-7-11(2)13(12(3)8-10)9-15(17)14-5-4-6-16-14/h1-13,21,23H,14-15H2;2-11,20,22H,12-13H2,1H3;3-9,17,19H,10-11H2,1-2H3;2-3,6-7,9-10,17,19H,4-5,8,11-12H2,1H3;2-7,13,16,18-19H,8-10H2,1H3;2-9,16,18H,10-11H2,1H3;7-8,14,16H,4-6,9H2,1-3H3/t;;;;13?,16-;;/m....0../s1. The molecule has 8 atom stereocenters. The number of nitrogens with one attached hydrogen (secondary N) is 7. The van der Waals surface area contributed by atoms with Gasteiger partial charge >= 0.3 is 0 Å². The van der Waals surface area contributed by atoms with E-state index in [1.54, 1.807) is 0 Å². The Morgan fingerprint density at radius 3 is 0.979 bits per heavy atom. The summed E-state index contributed by atoms with van der Waals surface area (Å²) in [6.45, 7) is 21.2. The minimum atomic E-state index is -0.391. The maximum absolute atomic E-state index is 12.8. The fourth-order valence-corrected chi connectivity index (χ4v) is 21.2. The van der Waals surface area contributed by atoms with Gasteiger partial charge in [-0.3, -0.25) is 33.6 Å². The highest BCUT2D eigenvalue weighted by Crippen LogP contribution is 2.36. The first-order valence-corrected chi connectivity index (χ1v) is 51.1. The van der Waals surface area contributed by atoms with Crippen LogP contribution in [-0.2, 0) is 104 Å². The number of benzene rings is 15. The number of hydrogen-bond donors (Lipinski definition) is 8. The second-order valence-electron chi connectivity index (χ2n) is 39.7. The predicted octanol–water partition coefficient (Wildman–Crippen LogP) is 23.3. The summed E-state index contributed by atoms with van der Waals surface area (Å²) in [5, 5.41) is 39.8. The van der Waals surface area contributed by atoms with Crippen LogP contribution in [0, 0.1) is 62.3 Å². The molecule has 15 nitrogen and oxygen atoms in total. The fourth-order valence-electron chi connectivity index (χ4n) is 21.2. The number of para-hydroxylation sites is 4. The van der Waals surface area contributed by atoms with E-state index in [-0.39, 0.29) is 71.2 Å². The quantitative estimate of drug-likeness (QED) is 0.0316. The molecule has 8 N–H and O–H groups in total. The minimum Gasteiger partial charge on any atom is -0.392 e. The molecule has 143 heavy (non-hydrogen) atoms. The van der Waals surface area contributed by atoms with E-state index in [1.807, 2.05) is 165 Å². The van der Waals surface area contributed by atoms with Crippen molar-refractivity contribution in [3.63, 3.8) is 0 Å². The van der Waals surface area contributed by atoms with E-state index < -0.39 is 6.10 Å². The first-order valence-electron chi connectivity index (χ1n) is 51.1. The van der Waals surface area contributed by atoms with Crippen molar-refractivity contribution in [1.82, 2.24) is 16.0 Å². The van der Waals surface area contributed by atoms with Crippen LogP contribution in [0.25, 0.3) is 43.4 Å². The lowest BCUT2D eigenvalue weighted by atomic mass is 9.91. The predicted molar refractivity (Wildman–Crippen MR) is 586 cm³/mol. The van der Waals surface area contributed by atoms with Gasteiger partial charge in [0.2, 0.25) is 0 Å². The number of ketones is 7. The average molecular weight is 1900 g/mol. The molecule has 22 rings (SSSR count). The molecule has 0 radical (unpaired) electrons. The molecule has 0 aliphatic carbocycles. The molecule has 730 valence electrons. The summed E-state index contributed by atoms with van der Waals surface area (Å²) in [6, 6.07) is 107. The molecule has 15 heteroatoms. The topological polar surface area (TPSA) is 224 Å². The molecule has 15 aromatic rings. The van der Waals surface area contributed by atoms with Gasteiger partial charge in [-0.05, 0) is 281 Å². The lowest BCUT2D eigenvalue weighted by Crippen LogP contribution is -2.41. The van der Waals surface area contributed by atoms with Gasteiger partial charge in [-0.15, -0.1) is 0 Å². The second-order valence-corrected chi connectivity index (χ2v) is 39.7. The first-order chi connectivity index (χ1) is 69.4. The van der Waals surface area contributed by atoms with E-state index in [2.05, 4.69) is 250 Å². The molecule has 7 unspecified atom stereocenters. The number of aliphatic hydroxyl groups excluding tert-OH is 1. The number of aryl methyl sites for hydroxylation is 9. The van der Waals surface area contributed by atoms with Gasteiger partial charge in [0.15, 0.2) is 40.5 Å². The molecule has 15 aromatic carbocycles. The van der Waals surface area contributed by atoms with E-state index in [0.717, 1.165) is 132 Å². The number of aliphatic hydroxyl groups is 1. The Hall–Kier alpha value is -14.2. The number of rotatable bonds is 22. The Balaban J connectivity index is 0.000000120. The van der Waals surface area contributed by atoms with Gasteiger partial charge in [0.1, 0.15) is 0 Å². The van der Waals surface area contributed by atoms with E-state index in [1.165, 1.54) is 117 Å². The summed E-state index contributed by atoms with van der Waals surface area (Å²) >= 11 is 0. The van der Waals surface area contributed by atoms with Crippen LogP contribution in [0.2, 0.25) is 0 Å². The third kappa shape index (κ3) is 26.2. The van der Waals surface area contributed by atoms with Gasteiger partial charge in [0.25, 0.3) is 0 Å². The first kappa shape index (κ1) is 102. The molecule has 0 aromatic heterocycles. The summed E-state index contributed by atoms with van der Waals surface area (Å²) < 4.78 is 0. The highest BCUT2D eigenvalue weighted by atomic mass is 16.3. The monoisotopic (exact) mass is 1900 g/mol. The normalized spacial score (nSPS) is 17.9. The van der Waals surface area contributed by atoms with Crippen molar-refractivity contribution in [3.8, 4) is 11.1 Å². The number of fused-ring (bicyclic) bond motifs is 7. The molecule has 0 amide bonds.